The molecule has 1 unspecified atom stereocenters. The number of hydrogen-bond donors (Lipinski definition) is 2. The summed E-state index contributed by atoms with van der Waals surface area (Å²) in [6.07, 6.45) is 3.84. The van der Waals surface area contributed by atoms with Crippen LogP contribution in [0.3, 0.4) is 0 Å². The van der Waals surface area contributed by atoms with E-state index >= 15 is 0 Å². The van der Waals surface area contributed by atoms with Crippen molar-refractivity contribution in [3.63, 3.8) is 0 Å². The van der Waals surface area contributed by atoms with Gasteiger partial charge in [0.25, 0.3) is 0 Å². The van der Waals surface area contributed by atoms with E-state index in [-0.39, 0.29) is 11.2 Å². The first-order chi connectivity index (χ1) is 10.1. The lowest BCUT2D eigenvalue weighted by molar-refractivity contribution is -0.119. The highest BCUT2D eigenvalue weighted by Crippen LogP contribution is 2.31. The number of imidazole rings is 1. The Balaban J connectivity index is 1.88. The molecule has 0 aliphatic carbocycles. The van der Waals surface area contributed by atoms with Gasteiger partial charge in [-0.05, 0) is 43.5 Å². The van der Waals surface area contributed by atoms with Crippen LogP contribution in [0.5, 0.6) is 0 Å². The van der Waals surface area contributed by atoms with E-state index in [1.807, 2.05) is 6.08 Å². The van der Waals surface area contributed by atoms with Crippen LogP contribution in [0.1, 0.15) is 36.7 Å². The lowest BCUT2D eigenvalue weighted by Crippen LogP contribution is -2.21. The molecule has 5 heteroatoms. The monoisotopic (exact) mass is 301 g/mol. The molecule has 0 bridgehead atoms. The van der Waals surface area contributed by atoms with Crippen LogP contribution < -0.4 is 5.32 Å². The van der Waals surface area contributed by atoms with Crippen molar-refractivity contribution in [3.05, 3.63) is 34.1 Å². The third kappa shape index (κ3) is 2.83. The summed E-state index contributed by atoms with van der Waals surface area (Å²) in [5, 5.41) is 3.85. The summed E-state index contributed by atoms with van der Waals surface area (Å²) in [4.78, 5) is 19.7. The lowest BCUT2D eigenvalue weighted by Gasteiger charge is -2.00. The Bertz CT molecular complexity index is 693. The maximum absolute atomic E-state index is 11.8. The van der Waals surface area contributed by atoms with Crippen molar-refractivity contribution in [1.29, 1.82) is 0 Å². The molecule has 1 aliphatic rings. The number of thioether (sulfide) groups is 1. The van der Waals surface area contributed by atoms with Crippen molar-refractivity contribution in [2.45, 2.75) is 38.9 Å². The van der Waals surface area contributed by atoms with E-state index in [2.05, 4.69) is 48.2 Å². The standard InChI is InChI=1S/C16H19N3OS/c1-4-5-13-16(20)19-15(21-13)8-14-17-11-6-9(2)10(3)7-12(11)18-14/h6-8,13H,4-5H2,1-3H3,(H,17,18)(H,19,20)/b15-8+. The van der Waals surface area contributed by atoms with Gasteiger partial charge >= 0.3 is 0 Å². The van der Waals surface area contributed by atoms with Crippen LogP contribution in [0, 0.1) is 13.8 Å². The highest BCUT2D eigenvalue weighted by atomic mass is 32.2. The smallest absolute Gasteiger partial charge is 0.238 e. The van der Waals surface area contributed by atoms with Crippen LogP contribution in [0.2, 0.25) is 0 Å². The number of carbonyl (C=O) groups is 1. The summed E-state index contributed by atoms with van der Waals surface area (Å²) in [5.74, 6) is 0.894. The number of aryl methyl sites for hydroxylation is 2. The molecule has 110 valence electrons. The van der Waals surface area contributed by atoms with Crippen molar-refractivity contribution >= 4 is 34.8 Å². The SMILES string of the molecule is CCCC1S/C(=C/c2nc3cc(C)c(C)cc3[nH]2)NC1=O. The van der Waals surface area contributed by atoms with E-state index < -0.39 is 0 Å². The average molecular weight is 301 g/mol. The number of fused-ring (bicyclic) bond motifs is 1. The molecule has 0 spiro atoms. The van der Waals surface area contributed by atoms with Crippen molar-refractivity contribution < 1.29 is 4.79 Å². The fourth-order valence-electron chi connectivity index (χ4n) is 2.44. The summed E-state index contributed by atoms with van der Waals surface area (Å²) in [6.45, 7) is 6.28. The fourth-order valence-corrected chi connectivity index (χ4v) is 3.61. The number of amides is 1. The molecular formula is C16H19N3OS. The molecule has 1 aliphatic heterocycles. The molecule has 2 heterocycles. The van der Waals surface area contributed by atoms with Crippen molar-refractivity contribution in [2.75, 3.05) is 0 Å². The molecule has 21 heavy (non-hydrogen) atoms. The second-order valence-corrected chi connectivity index (χ2v) is 6.71. The Morgan fingerprint density at radius 3 is 2.86 bits per heavy atom. The van der Waals surface area contributed by atoms with Gasteiger partial charge in [0, 0.05) is 6.08 Å². The largest absolute Gasteiger partial charge is 0.338 e. The van der Waals surface area contributed by atoms with E-state index in [0.29, 0.717) is 0 Å². The van der Waals surface area contributed by atoms with Gasteiger partial charge in [0.2, 0.25) is 5.91 Å². The first kappa shape index (κ1) is 14.2. The Hall–Kier alpha value is -1.75. The van der Waals surface area contributed by atoms with Gasteiger partial charge in [0.05, 0.1) is 21.3 Å². The Morgan fingerprint density at radius 2 is 2.10 bits per heavy atom. The maximum Gasteiger partial charge on any atom is 0.238 e. The number of nitrogens with one attached hydrogen (secondary N) is 2. The molecule has 1 fully saturated rings. The van der Waals surface area contributed by atoms with Crippen molar-refractivity contribution in [1.82, 2.24) is 15.3 Å². The van der Waals surface area contributed by atoms with Crippen LogP contribution in [-0.2, 0) is 4.79 Å². The van der Waals surface area contributed by atoms with Crippen LogP contribution in [0.4, 0.5) is 0 Å². The molecular weight excluding hydrogens is 282 g/mol. The van der Waals surface area contributed by atoms with E-state index in [9.17, 15) is 4.79 Å². The van der Waals surface area contributed by atoms with Gasteiger partial charge in [0.1, 0.15) is 5.82 Å². The normalized spacial score (nSPS) is 20.4. The molecule has 1 amide bonds. The highest BCUT2D eigenvalue weighted by molar-refractivity contribution is 8.05. The number of H-pyrrole nitrogens is 1. The van der Waals surface area contributed by atoms with Crippen molar-refractivity contribution in [2.24, 2.45) is 0 Å². The first-order valence-corrected chi connectivity index (χ1v) is 8.11. The number of aromatic nitrogens is 2. The molecule has 4 nitrogen and oxygen atoms in total. The number of hydrogen-bond acceptors (Lipinski definition) is 3. The summed E-state index contributed by atoms with van der Waals surface area (Å²) < 4.78 is 0. The van der Waals surface area contributed by atoms with Crippen LogP contribution in [0.15, 0.2) is 17.2 Å². The topological polar surface area (TPSA) is 57.8 Å². The minimum atomic E-state index is 0.0371. The van der Waals surface area contributed by atoms with Crippen LogP contribution in [-0.4, -0.2) is 21.1 Å². The Labute approximate surface area is 128 Å². The third-order valence-electron chi connectivity index (χ3n) is 3.74. The Morgan fingerprint density at radius 1 is 1.33 bits per heavy atom. The van der Waals surface area contributed by atoms with Gasteiger partial charge in [-0.25, -0.2) is 4.98 Å². The van der Waals surface area contributed by atoms with Crippen LogP contribution >= 0.6 is 11.8 Å². The quantitative estimate of drug-likeness (QED) is 0.912. The molecule has 2 N–H and O–H groups in total. The predicted octanol–water partition coefficient (Wildman–Crippen LogP) is 3.51. The molecule has 2 aromatic rings. The molecule has 0 radical (unpaired) electrons. The zero-order chi connectivity index (χ0) is 15.0. The molecule has 0 saturated carbocycles. The maximum atomic E-state index is 11.8. The van der Waals surface area contributed by atoms with Gasteiger partial charge in [-0.3, -0.25) is 4.79 Å². The summed E-state index contributed by atoms with van der Waals surface area (Å²) in [6, 6.07) is 4.20. The molecule has 1 atom stereocenters. The molecule has 1 saturated heterocycles. The Kier molecular flexibility index (Phi) is 3.76. The van der Waals surface area contributed by atoms with Gasteiger partial charge in [0.15, 0.2) is 0 Å². The predicted molar refractivity (Wildman–Crippen MR) is 88.0 cm³/mol. The number of carbonyl (C=O) groups excluding carboxylic acids is 1. The molecule has 1 aromatic heterocycles. The molecule has 3 rings (SSSR count). The number of nitrogens with zero attached hydrogens (tertiary/aromatic N) is 1. The van der Waals surface area contributed by atoms with Crippen LogP contribution in [0.25, 0.3) is 17.1 Å². The zero-order valence-corrected chi connectivity index (χ0v) is 13.3. The van der Waals surface area contributed by atoms with Gasteiger partial charge in [-0.2, -0.15) is 0 Å². The number of benzene rings is 1. The number of aromatic amines is 1. The van der Waals surface area contributed by atoms with E-state index in [4.69, 9.17) is 0 Å². The zero-order valence-electron chi connectivity index (χ0n) is 12.5. The summed E-state index contributed by atoms with van der Waals surface area (Å²) in [5.41, 5.74) is 4.48. The second-order valence-electron chi connectivity index (χ2n) is 5.47. The average Bonchev–Trinajstić information content (AvgIpc) is 2.95. The summed E-state index contributed by atoms with van der Waals surface area (Å²) >= 11 is 1.59. The lowest BCUT2D eigenvalue weighted by atomic mass is 10.1. The third-order valence-corrected chi connectivity index (χ3v) is 4.95. The minimum absolute atomic E-state index is 0.0371. The van der Waals surface area contributed by atoms with E-state index in [0.717, 1.165) is 34.7 Å². The second kappa shape index (κ2) is 5.56. The van der Waals surface area contributed by atoms with Gasteiger partial charge in [-0.1, -0.05) is 25.1 Å². The molecule has 1 aromatic carbocycles. The van der Waals surface area contributed by atoms with E-state index in [1.165, 1.54) is 11.1 Å². The first-order valence-electron chi connectivity index (χ1n) is 7.23. The minimum Gasteiger partial charge on any atom is -0.338 e. The van der Waals surface area contributed by atoms with Gasteiger partial charge in [-0.15, -0.1) is 0 Å². The number of rotatable bonds is 3. The fraction of sp³-hybridized carbons (Fsp3) is 0.375. The highest BCUT2D eigenvalue weighted by Gasteiger charge is 2.28. The van der Waals surface area contributed by atoms with Gasteiger partial charge < -0.3 is 10.3 Å². The van der Waals surface area contributed by atoms with E-state index in [1.54, 1.807) is 11.8 Å². The summed E-state index contributed by atoms with van der Waals surface area (Å²) in [7, 11) is 0. The van der Waals surface area contributed by atoms with Crippen molar-refractivity contribution in [3.8, 4) is 0 Å².